The highest BCUT2D eigenvalue weighted by molar-refractivity contribution is 7.99. The van der Waals surface area contributed by atoms with Crippen LogP contribution in [0.3, 0.4) is 0 Å². The van der Waals surface area contributed by atoms with Crippen molar-refractivity contribution in [3.8, 4) is 0 Å². The summed E-state index contributed by atoms with van der Waals surface area (Å²) < 4.78 is 0. The van der Waals surface area contributed by atoms with Crippen LogP contribution >= 0.6 is 23.1 Å². The number of rotatable bonds is 6. The van der Waals surface area contributed by atoms with E-state index >= 15 is 0 Å². The van der Waals surface area contributed by atoms with Crippen LogP contribution in [0.5, 0.6) is 0 Å². The summed E-state index contributed by atoms with van der Waals surface area (Å²) in [5.41, 5.74) is 2.09. The van der Waals surface area contributed by atoms with Crippen molar-refractivity contribution < 1.29 is 9.72 Å². The van der Waals surface area contributed by atoms with Crippen LogP contribution in [0.25, 0.3) is 10.2 Å². The minimum absolute atomic E-state index is 0.00569. The maximum absolute atomic E-state index is 12.2. The molecule has 0 spiro atoms. The molecule has 0 bridgehead atoms. The van der Waals surface area contributed by atoms with Crippen LogP contribution in [0.1, 0.15) is 22.4 Å². The van der Waals surface area contributed by atoms with E-state index in [-0.39, 0.29) is 18.0 Å². The normalized spacial score (nSPS) is 10.9. The van der Waals surface area contributed by atoms with Crippen LogP contribution in [0.4, 0.5) is 11.4 Å². The summed E-state index contributed by atoms with van der Waals surface area (Å²) in [4.78, 5) is 33.6. The van der Waals surface area contributed by atoms with Crippen LogP contribution in [-0.4, -0.2) is 26.6 Å². The molecule has 1 amide bonds. The van der Waals surface area contributed by atoms with Crippen LogP contribution in [0, 0.1) is 30.9 Å². The fourth-order valence-electron chi connectivity index (χ4n) is 2.67. The molecule has 2 heterocycles. The Bertz CT molecular complexity index is 1030. The molecule has 9 heteroatoms. The second kappa shape index (κ2) is 8.01. The van der Waals surface area contributed by atoms with Gasteiger partial charge in [0.2, 0.25) is 5.91 Å². The zero-order valence-corrected chi connectivity index (χ0v) is 16.7. The first-order valence-corrected chi connectivity index (χ1v) is 10.1. The lowest BCUT2D eigenvalue weighted by Crippen LogP contribution is -2.13. The first-order chi connectivity index (χ1) is 12.9. The number of benzene rings is 1. The maximum Gasteiger partial charge on any atom is 0.274 e. The van der Waals surface area contributed by atoms with E-state index in [4.69, 9.17) is 0 Å². The highest BCUT2D eigenvalue weighted by Gasteiger charge is 2.16. The summed E-state index contributed by atoms with van der Waals surface area (Å²) in [7, 11) is 0. The standard InChI is InChI=1S/C18H18N4O3S2/c1-10-12(3)27-18-16(10)17(19-9-20-18)26-8-7-15(23)21-13-5-4-6-14(11(13)2)22(24)25/h4-6,9H,7-8H2,1-3H3,(H,21,23). The predicted molar refractivity (Wildman–Crippen MR) is 109 cm³/mol. The van der Waals surface area contributed by atoms with E-state index in [1.807, 2.05) is 0 Å². The van der Waals surface area contributed by atoms with E-state index in [9.17, 15) is 14.9 Å². The lowest BCUT2D eigenvalue weighted by molar-refractivity contribution is -0.385. The lowest BCUT2D eigenvalue weighted by Gasteiger charge is -2.08. The summed E-state index contributed by atoms with van der Waals surface area (Å²) in [6.07, 6.45) is 1.83. The molecule has 0 radical (unpaired) electrons. The third-order valence-corrected chi connectivity index (χ3v) is 6.38. The number of aromatic nitrogens is 2. The molecule has 0 fully saturated rings. The molecule has 1 N–H and O–H groups in total. The number of aryl methyl sites for hydroxylation is 2. The Labute approximate surface area is 164 Å². The van der Waals surface area contributed by atoms with Gasteiger partial charge in [0.25, 0.3) is 5.69 Å². The Hall–Kier alpha value is -2.52. The van der Waals surface area contributed by atoms with Gasteiger partial charge in [-0.25, -0.2) is 9.97 Å². The second-order valence-corrected chi connectivity index (χ2v) is 8.28. The van der Waals surface area contributed by atoms with Gasteiger partial charge in [-0.3, -0.25) is 14.9 Å². The highest BCUT2D eigenvalue weighted by atomic mass is 32.2. The molecule has 0 aliphatic carbocycles. The smallest absolute Gasteiger partial charge is 0.274 e. The molecule has 0 aliphatic rings. The van der Waals surface area contributed by atoms with Crippen LogP contribution in [0.2, 0.25) is 0 Å². The van der Waals surface area contributed by atoms with Gasteiger partial charge in [-0.1, -0.05) is 6.07 Å². The van der Waals surface area contributed by atoms with E-state index in [0.29, 0.717) is 17.0 Å². The Morgan fingerprint density at radius 1 is 1.26 bits per heavy atom. The number of nitrogens with zero attached hydrogens (tertiary/aromatic N) is 3. The minimum Gasteiger partial charge on any atom is -0.326 e. The Kier molecular flexibility index (Phi) is 5.71. The SMILES string of the molecule is Cc1sc2ncnc(SCCC(=O)Nc3cccc([N+](=O)[O-])c3C)c2c1C. The molecule has 27 heavy (non-hydrogen) atoms. The molecule has 0 aliphatic heterocycles. The molecule has 0 unspecified atom stereocenters. The summed E-state index contributed by atoms with van der Waals surface area (Å²) >= 11 is 3.16. The number of nitro groups is 1. The number of hydrogen-bond donors (Lipinski definition) is 1. The maximum atomic E-state index is 12.2. The van der Waals surface area contributed by atoms with Crippen LogP contribution < -0.4 is 5.32 Å². The molecule has 140 valence electrons. The monoisotopic (exact) mass is 402 g/mol. The van der Waals surface area contributed by atoms with Gasteiger partial charge < -0.3 is 5.32 Å². The largest absolute Gasteiger partial charge is 0.326 e. The van der Waals surface area contributed by atoms with Gasteiger partial charge in [0.15, 0.2) is 0 Å². The van der Waals surface area contributed by atoms with Crippen molar-refractivity contribution in [2.24, 2.45) is 0 Å². The van der Waals surface area contributed by atoms with Gasteiger partial charge in [-0.15, -0.1) is 23.1 Å². The van der Waals surface area contributed by atoms with E-state index < -0.39 is 4.92 Å². The van der Waals surface area contributed by atoms with Gasteiger partial charge >= 0.3 is 0 Å². The minimum atomic E-state index is -0.452. The number of fused-ring (bicyclic) bond motifs is 1. The number of amides is 1. The van der Waals surface area contributed by atoms with E-state index in [0.717, 1.165) is 15.2 Å². The van der Waals surface area contributed by atoms with Crippen molar-refractivity contribution in [1.82, 2.24) is 9.97 Å². The summed E-state index contributed by atoms with van der Waals surface area (Å²) in [5, 5.41) is 15.7. The Morgan fingerprint density at radius 3 is 2.78 bits per heavy atom. The average Bonchev–Trinajstić information content (AvgIpc) is 2.91. The first kappa shape index (κ1) is 19.2. The fraction of sp³-hybridized carbons (Fsp3) is 0.278. The third kappa shape index (κ3) is 4.09. The molecule has 3 aromatic rings. The summed E-state index contributed by atoms with van der Waals surface area (Å²) in [5.74, 6) is 0.370. The van der Waals surface area contributed by atoms with Gasteiger partial charge in [-0.05, 0) is 32.4 Å². The second-order valence-electron chi connectivity index (χ2n) is 6.00. The van der Waals surface area contributed by atoms with Gasteiger partial charge in [-0.2, -0.15) is 0 Å². The zero-order valence-electron chi connectivity index (χ0n) is 15.1. The molecule has 3 rings (SSSR count). The van der Waals surface area contributed by atoms with Crippen LogP contribution in [0.15, 0.2) is 29.6 Å². The predicted octanol–water partition coefficient (Wildman–Crippen LogP) is 4.65. The summed E-state index contributed by atoms with van der Waals surface area (Å²) in [6.45, 7) is 5.74. The number of anilines is 1. The number of carbonyl (C=O) groups excluding carboxylic acids is 1. The molecule has 0 atom stereocenters. The first-order valence-electron chi connectivity index (χ1n) is 8.26. The van der Waals surface area contributed by atoms with Crippen molar-refractivity contribution >= 4 is 50.6 Å². The average molecular weight is 403 g/mol. The molecule has 0 saturated heterocycles. The summed E-state index contributed by atoms with van der Waals surface area (Å²) in [6, 6.07) is 4.65. The van der Waals surface area contributed by atoms with Crippen molar-refractivity contribution in [2.75, 3.05) is 11.1 Å². The van der Waals surface area contributed by atoms with E-state index in [2.05, 4.69) is 29.1 Å². The number of nitro benzene ring substituents is 1. The van der Waals surface area contributed by atoms with Crippen molar-refractivity contribution in [1.29, 1.82) is 0 Å². The zero-order chi connectivity index (χ0) is 19.6. The number of hydrogen-bond acceptors (Lipinski definition) is 7. The van der Waals surface area contributed by atoms with Gasteiger partial charge in [0.1, 0.15) is 16.2 Å². The topological polar surface area (TPSA) is 98.0 Å². The molecule has 0 saturated carbocycles. The van der Waals surface area contributed by atoms with Crippen molar-refractivity contribution in [3.05, 3.63) is 50.6 Å². The third-order valence-electron chi connectivity index (χ3n) is 4.27. The van der Waals surface area contributed by atoms with Crippen molar-refractivity contribution in [2.45, 2.75) is 32.2 Å². The quantitative estimate of drug-likeness (QED) is 0.279. The Morgan fingerprint density at radius 2 is 2.04 bits per heavy atom. The Balaban J connectivity index is 1.64. The molecule has 7 nitrogen and oxygen atoms in total. The molecular weight excluding hydrogens is 384 g/mol. The lowest BCUT2D eigenvalue weighted by atomic mass is 10.1. The van der Waals surface area contributed by atoms with Gasteiger partial charge in [0.05, 0.1) is 16.2 Å². The van der Waals surface area contributed by atoms with Crippen molar-refractivity contribution in [3.63, 3.8) is 0 Å². The van der Waals surface area contributed by atoms with E-state index in [1.54, 1.807) is 36.7 Å². The van der Waals surface area contributed by atoms with Crippen LogP contribution in [-0.2, 0) is 4.79 Å². The molecule has 2 aromatic heterocycles. The highest BCUT2D eigenvalue weighted by Crippen LogP contribution is 2.34. The van der Waals surface area contributed by atoms with Gasteiger partial charge in [0, 0.05) is 28.5 Å². The number of nitrogens with one attached hydrogen (secondary N) is 1. The molecule has 1 aromatic carbocycles. The molecular formula is C18H18N4O3S2. The number of carbonyl (C=O) groups is 1. The van der Waals surface area contributed by atoms with E-state index in [1.165, 1.54) is 28.3 Å². The number of thioether (sulfide) groups is 1. The fourth-order valence-corrected chi connectivity index (χ4v) is 4.73. The number of thiophene rings is 1.